The highest BCUT2D eigenvalue weighted by Crippen LogP contribution is 2.22. The largest absolute Gasteiger partial charge is 0.488 e. The first-order chi connectivity index (χ1) is 8.92. The molecule has 0 bridgehead atoms. The number of nitrogens with zero attached hydrogens (tertiary/aromatic N) is 1. The summed E-state index contributed by atoms with van der Waals surface area (Å²) in [6, 6.07) is 7.88. The second-order valence-electron chi connectivity index (χ2n) is 6.43. The lowest BCUT2D eigenvalue weighted by Crippen LogP contribution is -2.25. The van der Waals surface area contributed by atoms with Gasteiger partial charge in [-0.25, -0.2) is 0 Å². The molecule has 0 aromatic heterocycles. The zero-order valence-electron chi connectivity index (χ0n) is 12.5. The second-order valence-corrected chi connectivity index (χ2v) is 6.43. The number of rotatable bonds is 4. The van der Waals surface area contributed by atoms with E-state index >= 15 is 0 Å². The van der Waals surface area contributed by atoms with E-state index in [9.17, 15) is 0 Å². The molecule has 0 spiro atoms. The van der Waals surface area contributed by atoms with Crippen molar-refractivity contribution in [2.75, 3.05) is 19.8 Å². The summed E-state index contributed by atoms with van der Waals surface area (Å²) in [6.45, 7) is 11.4. The molecule has 0 aliphatic carbocycles. The number of likely N-dealkylation sites (tertiary alicyclic amines) is 1. The highest BCUT2D eigenvalue weighted by Gasteiger charge is 2.18. The van der Waals surface area contributed by atoms with Gasteiger partial charge in [0.2, 0.25) is 0 Å². The lowest BCUT2D eigenvalue weighted by Gasteiger charge is -2.21. The number of hydrogen-bond donors (Lipinski definition) is 0. The predicted octanol–water partition coefficient (Wildman–Crippen LogP) is 3.54. The highest BCUT2D eigenvalue weighted by atomic mass is 16.5. The molecule has 3 heteroatoms. The molecule has 1 aromatic carbocycles. The fourth-order valence-corrected chi connectivity index (χ4v) is 2.27. The first kappa shape index (κ1) is 14.2. The summed E-state index contributed by atoms with van der Waals surface area (Å²) in [5, 5.41) is 0. The zero-order valence-corrected chi connectivity index (χ0v) is 12.5. The van der Waals surface area contributed by atoms with Crippen molar-refractivity contribution >= 4 is 0 Å². The Morgan fingerprint density at radius 1 is 1.16 bits per heavy atom. The van der Waals surface area contributed by atoms with Crippen molar-refractivity contribution < 1.29 is 9.47 Å². The zero-order chi connectivity index (χ0) is 13.9. The van der Waals surface area contributed by atoms with Crippen LogP contribution in [0.3, 0.4) is 0 Å². The van der Waals surface area contributed by atoms with E-state index in [1.807, 2.05) is 45.0 Å². The fraction of sp³-hybridized carbons (Fsp3) is 0.625. The van der Waals surface area contributed by atoms with Gasteiger partial charge in [0.25, 0.3) is 0 Å². The van der Waals surface area contributed by atoms with Crippen molar-refractivity contribution in [2.45, 2.75) is 39.7 Å². The van der Waals surface area contributed by atoms with Gasteiger partial charge in [-0.2, -0.15) is 0 Å². The Morgan fingerprint density at radius 3 is 2.32 bits per heavy atom. The van der Waals surface area contributed by atoms with E-state index in [-0.39, 0.29) is 5.60 Å². The van der Waals surface area contributed by atoms with Crippen LogP contribution in [0.1, 0.15) is 34.1 Å². The molecule has 19 heavy (non-hydrogen) atoms. The highest BCUT2D eigenvalue weighted by molar-refractivity contribution is 5.31. The third-order valence-electron chi connectivity index (χ3n) is 3.17. The summed E-state index contributed by atoms with van der Waals surface area (Å²) in [4.78, 5) is 2.35. The van der Waals surface area contributed by atoms with E-state index in [1.165, 1.54) is 6.42 Å². The van der Waals surface area contributed by atoms with E-state index in [2.05, 4.69) is 11.8 Å². The molecule has 0 saturated carbocycles. The van der Waals surface area contributed by atoms with Gasteiger partial charge in [0.15, 0.2) is 0 Å². The molecule has 3 nitrogen and oxygen atoms in total. The summed E-state index contributed by atoms with van der Waals surface area (Å²) >= 11 is 0. The van der Waals surface area contributed by atoms with Crippen molar-refractivity contribution in [3.8, 4) is 11.5 Å². The van der Waals surface area contributed by atoms with Crippen molar-refractivity contribution in [3.05, 3.63) is 24.3 Å². The Labute approximate surface area is 116 Å². The molecular formula is C16H25NO2. The van der Waals surface area contributed by atoms with Gasteiger partial charge in [-0.05, 0) is 57.4 Å². The normalized spacial score (nSPS) is 20.5. The minimum Gasteiger partial charge on any atom is -0.488 e. The second kappa shape index (κ2) is 5.83. The Kier molecular flexibility index (Phi) is 4.35. The Bertz CT molecular complexity index is 394. The van der Waals surface area contributed by atoms with E-state index < -0.39 is 0 Å². The maximum absolute atomic E-state index is 5.79. The number of hydrogen-bond acceptors (Lipinski definition) is 3. The van der Waals surface area contributed by atoms with E-state index in [0.29, 0.717) is 6.73 Å². The Balaban J connectivity index is 1.82. The summed E-state index contributed by atoms with van der Waals surface area (Å²) < 4.78 is 11.6. The standard InChI is InChI=1S/C16H25NO2/c1-13-9-10-17(11-13)12-18-14-5-7-15(8-6-14)19-16(2,3)4/h5-8,13H,9-12H2,1-4H3/t13-/m1/s1. The van der Waals surface area contributed by atoms with Crippen LogP contribution in [0.4, 0.5) is 0 Å². The van der Waals surface area contributed by atoms with Crippen molar-refractivity contribution in [1.82, 2.24) is 4.90 Å². The van der Waals surface area contributed by atoms with Crippen LogP contribution in [0.25, 0.3) is 0 Å². The van der Waals surface area contributed by atoms with Crippen LogP contribution >= 0.6 is 0 Å². The minimum atomic E-state index is -0.159. The van der Waals surface area contributed by atoms with E-state index in [1.54, 1.807) is 0 Å². The maximum Gasteiger partial charge on any atom is 0.142 e. The molecule has 1 heterocycles. The maximum atomic E-state index is 5.79. The lowest BCUT2D eigenvalue weighted by atomic mass is 10.2. The van der Waals surface area contributed by atoms with Gasteiger partial charge >= 0.3 is 0 Å². The molecule has 1 aliphatic heterocycles. The summed E-state index contributed by atoms with van der Waals surface area (Å²) in [6.07, 6.45) is 1.28. The summed E-state index contributed by atoms with van der Waals surface area (Å²) in [7, 11) is 0. The third-order valence-corrected chi connectivity index (χ3v) is 3.17. The Morgan fingerprint density at radius 2 is 1.79 bits per heavy atom. The molecule has 106 valence electrons. The summed E-state index contributed by atoms with van der Waals surface area (Å²) in [5.74, 6) is 2.58. The molecule has 0 N–H and O–H groups in total. The third kappa shape index (κ3) is 4.75. The van der Waals surface area contributed by atoms with E-state index in [0.717, 1.165) is 30.5 Å². The molecule has 2 rings (SSSR count). The van der Waals surface area contributed by atoms with Crippen molar-refractivity contribution in [1.29, 1.82) is 0 Å². The predicted molar refractivity (Wildman–Crippen MR) is 77.7 cm³/mol. The van der Waals surface area contributed by atoms with Crippen LogP contribution in [0.5, 0.6) is 11.5 Å². The average Bonchev–Trinajstić information content (AvgIpc) is 2.72. The molecule has 0 unspecified atom stereocenters. The molecule has 1 aromatic rings. The topological polar surface area (TPSA) is 21.7 Å². The minimum absolute atomic E-state index is 0.159. The van der Waals surface area contributed by atoms with Crippen LogP contribution in [-0.2, 0) is 0 Å². The SMILES string of the molecule is C[C@@H]1CCN(COc2ccc(OC(C)(C)C)cc2)C1. The van der Waals surface area contributed by atoms with Crippen LogP contribution in [0, 0.1) is 5.92 Å². The van der Waals surface area contributed by atoms with Crippen molar-refractivity contribution in [3.63, 3.8) is 0 Å². The monoisotopic (exact) mass is 263 g/mol. The van der Waals surface area contributed by atoms with Crippen LogP contribution < -0.4 is 9.47 Å². The first-order valence-corrected chi connectivity index (χ1v) is 7.06. The molecule has 0 radical (unpaired) electrons. The fourth-order valence-electron chi connectivity index (χ4n) is 2.27. The molecule has 0 amide bonds. The van der Waals surface area contributed by atoms with Crippen LogP contribution in [0.15, 0.2) is 24.3 Å². The van der Waals surface area contributed by atoms with Gasteiger partial charge in [0.1, 0.15) is 23.8 Å². The van der Waals surface area contributed by atoms with E-state index in [4.69, 9.17) is 9.47 Å². The van der Waals surface area contributed by atoms with Gasteiger partial charge in [-0.1, -0.05) is 6.92 Å². The van der Waals surface area contributed by atoms with Gasteiger partial charge < -0.3 is 9.47 Å². The van der Waals surface area contributed by atoms with Gasteiger partial charge in [0.05, 0.1) is 0 Å². The molecule has 1 saturated heterocycles. The molecular weight excluding hydrogens is 238 g/mol. The van der Waals surface area contributed by atoms with Gasteiger partial charge in [-0.3, -0.25) is 4.90 Å². The van der Waals surface area contributed by atoms with Crippen molar-refractivity contribution in [2.24, 2.45) is 5.92 Å². The number of ether oxygens (including phenoxy) is 2. The van der Waals surface area contributed by atoms with Crippen LogP contribution in [0.2, 0.25) is 0 Å². The molecule has 1 atom stereocenters. The van der Waals surface area contributed by atoms with Gasteiger partial charge in [-0.15, -0.1) is 0 Å². The summed E-state index contributed by atoms with van der Waals surface area (Å²) in [5.41, 5.74) is -0.159. The first-order valence-electron chi connectivity index (χ1n) is 7.06. The lowest BCUT2D eigenvalue weighted by molar-refractivity contribution is 0.130. The molecule has 1 fully saturated rings. The quantitative estimate of drug-likeness (QED) is 0.829. The smallest absolute Gasteiger partial charge is 0.142 e. The number of benzene rings is 1. The average molecular weight is 263 g/mol. The molecule has 1 aliphatic rings. The Hall–Kier alpha value is -1.22. The van der Waals surface area contributed by atoms with Crippen LogP contribution in [-0.4, -0.2) is 30.3 Å². The van der Waals surface area contributed by atoms with Gasteiger partial charge in [0, 0.05) is 13.1 Å².